The maximum Gasteiger partial charge on any atom is 0.472 e. The summed E-state index contributed by atoms with van der Waals surface area (Å²) in [7, 11) is -4.68. The van der Waals surface area contributed by atoms with Crippen LogP contribution in [0.1, 0.15) is 13.8 Å². The van der Waals surface area contributed by atoms with E-state index in [2.05, 4.69) is 20.5 Å². The predicted molar refractivity (Wildman–Crippen MR) is 55.1 cm³/mol. The van der Waals surface area contributed by atoms with Crippen LogP contribution in [-0.4, -0.2) is 19.6 Å². The third kappa shape index (κ3) is 4.47. The molecule has 0 aliphatic rings. The molecule has 0 unspecified atom stereocenters. The van der Waals surface area contributed by atoms with Gasteiger partial charge in [0, 0.05) is 10.7 Å². The van der Waals surface area contributed by atoms with E-state index in [1.54, 1.807) is 13.8 Å². The van der Waals surface area contributed by atoms with Gasteiger partial charge in [-0.3, -0.25) is 0 Å². The maximum atomic E-state index is 10.5. The van der Waals surface area contributed by atoms with Gasteiger partial charge in [-0.1, -0.05) is 53.0 Å². The molecule has 0 radical (unpaired) electrons. The lowest BCUT2D eigenvalue weighted by atomic mass is 9.98. The number of halogens is 3. The average Bonchev–Trinajstić information content (AvgIpc) is 1.81. The normalized spacial score (nSPS) is 14.7. The van der Waals surface area contributed by atoms with E-state index in [-0.39, 0.29) is 0 Å². The van der Waals surface area contributed by atoms with Crippen molar-refractivity contribution >= 4 is 47.0 Å². The Bertz CT molecular complexity index is 227. The van der Waals surface area contributed by atoms with Crippen LogP contribution in [0.2, 0.25) is 0 Å². The minimum absolute atomic E-state index is 0.340. The molecule has 0 aromatic carbocycles. The Morgan fingerprint density at radius 2 is 1.85 bits per heavy atom. The highest BCUT2D eigenvalue weighted by Gasteiger charge is 2.47. The molecular formula is C5H10BrCl2O4P. The fraction of sp³-hybridized carbons (Fsp3) is 1.00. The SMILES string of the molecule is CC(C)(CBr)C(Cl)(Cl)OP(=O)(O)O. The topological polar surface area (TPSA) is 66.8 Å². The van der Waals surface area contributed by atoms with Crippen molar-refractivity contribution in [3.05, 3.63) is 0 Å². The second-order valence-electron chi connectivity index (χ2n) is 3.12. The van der Waals surface area contributed by atoms with Gasteiger partial charge >= 0.3 is 7.82 Å². The minimum atomic E-state index is -4.68. The van der Waals surface area contributed by atoms with E-state index >= 15 is 0 Å². The summed E-state index contributed by atoms with van der Waals surface area (Å²) in [5.74, 6) is 0. The first-order valence-electron chi connectivity index (χ1n) is 3.22. The molecule has 8 heteroatoms. The van der Waals surface area contributed by atoms with Crippen LogP contribution in [0.15, 0.2) is 0 Å². The molecule has 0 aromatic heterocycles. The van der Waals surface area contributed by atoms with Crippen molar-refractivity contribution in [3.8, 4) is 0 Å². The molecule has 0 atom stereocenters. The van der Waals surface area contributed by atoms with Crippen LogP contribution in [0.25, 0.3) is 0 Å². The first-order chi connectivity index (χ1) is 5.52. The number of hydrogen-bond acceptors (Lipinski definition) is 2. The molecule has 0 aliphatic carbocycles. The van der Waals surface area contributed by atoms with Gasteiger partial charge in [-0.2, -0.15) is 0 Å². The summed E-state index contributed by atoms with van der Waals surface area (Å²) in [5, 5.41) is 0.340. The Hall–Kier alpha value is 1.17. The van der Waals surface area contributed by atoms with E-state index in [1.807, 2.05) is 0 Å². The summed E-state index contributed by atoms with van der Waals surface area (Å²) < 4.78 is 12.8. The van der Waals surface area contributed by atoms with E-state index in [9.17, 15) is 4.57 Å². The first kappa shape index (κ1) is 14.2. The van der Waals surface area contributed by atoms with Crippen LogP contribution in [0.5, 0.6) is 0 Å². The Morgan fingerprint density at radius 3 is 2.08 bits per heavy atom. The number of phosphoric acid groups is 1. The summed E-state index contributed by atoms with van der Waals surface area (Å²) in [4.78, 5) is 17.0. The number of hydrogen-bond donors (Lipinski definition) is 2. The number of phosphoric ester groups is 1. The number of rotatable bonds is 4. The van der Waals surface area contributed by atoms with Gasteiger partial charge in [0.25, 0.3) is 0 Å². The minimum Gasteiger partial charge on any atom is -0.303 e. The molecule has 0 aromatic rings. The van der Waals surface area contributed by atoms with Crippen molar-refractivity contribution in [1.82, 2.24) is 0 Å². The predicted octanol–water partition coefficient (Wildman–Crippen LogP) is 2.65. The Morgan fingerprint density at radius 1 is 1.46 bits per heavy atom. The lowest BCUT2D eigenvalue weighted by molar-refractivity contribution is 0.0825. The smallest absolute Gasteiger partial charge is 0.303 e. The summed E-state index contributed by atoms with van der Waals surface area (Å²) in [6.45, 7) is 3.22. The lowest BCUT2D eigenvalue weighted by Gasteiger charge is -2.34. The van der Waals surface area contributed by atoms with Crippen molar-refractivity contribution in [2.75, 3.05) is 5.33 Å². The Labute approximate surface area is 94.9 Å². The summed E-state index contributed by atoms with van der Waals surface area (Å²) in [5.41, 5.74) is -0.822. The van der Waals surface area contributed by atoms with Gasteiger partial charge in [-0.15, -0.1) is 0 Å². The molecule has 0 rings (SSSR count). The van der Waals surface area contributed by atoms with E-state index < -0.39 is 17.8 Å². The van der Waals surface area contributed by atoms with Crippen molar-refractivity contribution in [2.24, 2.45) is 5.41 Å². The number of alkyl halides is 3. The van der Waals surface area contributed by atoms with Gasteiger partial charge < -0.3 is 9.79 Å². The zero-order valence-corrected chi connectivity index (χ0v) is 11.0. The van der Waals surface area contributed by atoms with E-state index in [0.29, 0.717) is 5.33 Å². The van der Waals surface area contributed by atoms with Crippen molar-refractivity contribution in [2.45, 2.75) is 18.4 Å². The third-order valence-electron chi connectivity index (χ3n) is 1.36. The Balaban J connectivity index is 4.68. The highest BCUT2D eigenvalue weighted by Crippen LogP contribution is 2.52. The molecule has 0 bridgehead atoms. The molecular weight excluding hydrogens is 306 g/mol. The van der Waals surface area contributed by atoms with Crippen LogP contribution in [0.4, 0.5) is 0 Å². The van der Waals surface area contributed by atoms with Crippen molar-refractivity contribution < 1.29 is 18.9 Å². The molecule has 80 valence electrons. The second-order valence-corrected chi connectivity index (χ2v) is 6.10. The molecule has 4 nitrogen and oxygen atoms in total. The highest BCUT2D eigenvalue weighted by molar-refractivity contribution is 9.09. The van der Waals surface area contributed by atoms with Gasteiger partial charge in [0.1, 0.15) is 0 Å². The van der Waals surface area contributed by atoms with Crippen LogP contribution in [0.3, 0.4) is 0 Å². The van der Waals surface area contributed by atoms with Gasteiger partial charge in [-0.05, 0) is 0 Å². The van der Waals surface area contributed by atoms with Crippen LogP contribution >= 0.6 is 47.0 Å². The van der Waals surface area contributed by atoms with Gasteiger partial charge in [0.2, 0.25) is 4.52 Å². The van der Waals surface area contributed by atoms with Crippen LogP contribution < -0.4 is 0 Å². The first-order valence-corrected chi connectivity index (χ1v) is 6.63. The highest BCUT2D eigenvalue weighted by atomic mass is 79.9. The molecule has 0 heterocycles. The monoisotopic (exact) mass is 314 g/mol. The van der Waals surface area contributed by atoms with E-state index in [4.69, 9.17) is 33.0 Å². The largest absolute Gasteiger partial charge is 0.472 e. The molecule has 0 saturated carbocycles. The van der Waals surface area contributed by atoms with Crippen molar-refractivity contribution in [3.63, 3.8) is 0 Å². The molecule has 0 saturated heterocycles. The summed E-state index contributed by atoms with van der Waals surface area (Å²) in [6.07, 6.45) is 0. The summed E-state index contributed by atoms with van der Waals surface area (Å²) >= 11 is 14.4. The third-order valence-corrected chi connectivity index (χ3v) is 4.66. The molecule has 0 aliphatic heterocycles. The van der Waals surface area contributed by atoms with Crippen molar-refractivity contribution in [1.29, 1.82) is 0 Å². The fourth-order valence-corrected chi connectivity index (χ4v) is 2.29. The zero-order chi connectivity index (χ0) is 10.9. The van der Waals surface area contributed by atoms with Gasteiger partial charge in [0.05, 0.1) is 0 Å². The quantitative estimate of drug-likeness (QED) is 0.618. The fourth-order valence-electron chi connectivity index (χ4n) is 0.351. The zero-order valence-electron chi connectivity index (χ0n) is 7.00. The summed E-state index contributed by atoms with van der Waals surface area (Å²) in [6, 6.07) is 0. The van der Waals surface area contributed by atoms with Gasteiger partial charge in [-0.25, -0.2) is 9.09 Å². The van der Waals surface area contributed by atoms with Gasteiger partial charge in [0.15, 0.2) is 0 Å². The van der Waals surface area contributed by atoms with Crippen LogP contribution in [0, 0.1) is 5.41 Å². The molecule has 2 N–H and O–H groups in total. The maximum absolute atomic E-state index is 10.5. The lowest BCUT2D eigenvalue weighted by Crippen LogP contribution is -2.37. The second kappa shape index (κ2) is 4.35. The molecule has 13 heavy (non-hydrogen) atoms. The standard InChI is InChI=1S/C5H10BrCl2O4P/c1-4(2,3-6)5(7,8)12-13(9,10)11/h3H2,1-2H3,(H2,9,10,11). The van der Waals surface area contributed by atoms with E-state index in [1.165, 1.54) is 0 Å². The van der Waals surface area contributed by atoms with Crippen LogP contribution in [-0.2, 0) is 9.09 Å². The molecule has 0 amide bonds. The molecule has 0 fully saturated rings. The average molecular weight is 316 g/mol. The Kier molecular flexibility index (Phi) is 4.74. The molecule has 0 spiro atoms. The van der Waals surface area contributed by atoms with E-state index in [0.717, 1.165) is 0 Å².